The lowest BCUT2D eigenvalue weighted by Gasteiger charge is -2.28. The molecule has 0 radical (unpaired) electrons. The quantitative estimate of drug-likeness (QED) is 0.688. The molecule has 0 amide bonds. The van der Waals surface area contributed by atoms with E-state index < -0.39 is 17.5 Å². The molecular formula is C17H21F3O. The number of carbonyl (C=O) groups is 1. The van der Waals surface area contributed by atoms with Gasteiger partial charge in [-0.25, -0.2) is 13.2 Å². The van der Waals surface area contributed by atoms with E-state index in [1.165, 1.54) is 0 Å². The van der Waals surface area contributed by atoms with Crippen LogP contribution in [0.3, 0.4) is 0 Å². The Morgan fingerprint density at radius 2 is 1.67 bits per heavy atom. The van der Waals surface area contributed by atoms with E-state index >= 15 is 0 Å². The molecular weight excluding hydrogens is 277 g/mol. The van der Waals surface area contributed by atoms with Crippen molar-refractivity contribution in [1.82, 2.24) is 0 Å². The van der Waals surface area contributed by atoms with Gasteiger partial charge in [-0.1, -0.05) is 6.92 Å². The predicted molar refractivity (Wildman–Crippen MR) is 75.5 cm³/mol. The third kappa shape index (κ3) is 4.08. The Morgan fingerprint density at radius 1 is 1.10 bits per heavy atom. The predicted octanol–water partition coefficient (Wildman–Crippen LogP) is 5.14. The standard InChI is InChI=1S/C17H21F3O/c1-2-14(21)8-5-11-3-6-12(7-4-11)13-9-15(18)17(20)16(19)10-13/h9-12H,2-8H2,1H3. The van der Waals surface area contributed by atoms with Crippen molar-refractivity contribution in [2.24, 2.45) is 5.92 Å². The minimum atomic E-state index is -1.40. The zero-order valence-electron chi connectivity index (χ0n) is 12.3. The van der Waals surface area contributed by atoms with Crippen LogP contribution in [0.4, 0.5) is 13.2 Å². The van der Waals surface area contributed by atoms with Crippen LogP contribution in [-0.2, 0) is 4.79 Å². The summed E-state index contributed by atoms with van der Waals surface area (Å²) in [6.07, 6.45) is 5.73. The van der Waals surface area contributed by atoms with E-state index in [2.05, 4.69) is 0 Å². The Labute approximate surface area is 123 Å². The molecule has 0 atom stereocenters. The molecule has 4 heteroatoms. The van der Waals surface area contributed by atoms with Gasteiger partial charge >= 0.3 is 0 Å². The molecule has 0 unspecified atom stereocenters. The second-order valence-corrected chi connectivity index (χ2v) is 5.95. The van der Waals surface area contributed by atoms with Crippen LogP contribution in [0.1, 0.15) is 63.4 Å². The average molecular weight is 298 g/mol. The van der Waals surface area contributed by atoms with Gasteiger partial charge in [0.2, 0.25) is 0 Å². The Kier molecular flexibility index (Phi) is 5.43. The third-order valence-corrected chi connectivity index (χ3v) is 4.55. The van der Waals surface area contributed by atoms with E-state index in [1.54, 1.807) is 0 Å². The number of hydrogen-bond donors (Lipinski definition) is 0. The van der Waals surface area contributed by atoms with Crippen LogP contribution < -0.4 is 0 Å². The fourth-order valence-corrected chi connectivity index (χ4v) is 3.14. The van der Waals surface area contributed by atoms with Crippen LogP contribution in [0, 0.1) is 23.4 Å². The average Bonchev–Trinajstić information content (AvgIpc) is 2.50. The highest BCUT2D eigenvalue weighted by Gasteiger charge is 2.24. The van der Waals surface area contributed by atoms with Crippen molar-refractivity contribution in [3.63, 3.8) is 0 Å². The number of halogens is 3. The molecule has 1 aromatic carbocycles. The number of rotatable bonds is 5. The summed E-state index contributed by atoms with van der Waals surface area (Å²) >= 11 is 0. The fourth-order valence-electron chi connectivity index (χ4n) is 3.14. The first kappa shape index (κ1) is 16.1. The lowest BCUT2D eigenvalue weighted by Crippen LogP contribution is -2.15. The summed E-state index contributed by atoms with van der Waals surface area (Å²) in [5, 5.41) is 0. The zero-order chi connectivity index (χ0) is 15.4. The van der Waals surface area contributed by atoms with Crippen molar-refractivity contribution in [2.75, 3.05) is 0 Å². The van der Waals surface area contributed by atoms with E-state index in [0.717, 1.165) is 44.2 Å². The van der Waals surface area contributed by atoms with Gasteiger partial charge in [0, 0.05) is 12.8 Å². The van der Waals surface area contributed by atoms with Gasteiger partial charge in [-0.15, -0.1) is 0 Å². The van der Waals surface area contributed by atoms with Crippen molar-refractivity contribution in [2.45, 2.75) is 57.8 Å². The first-order valence-corrected chi connectivity index (χ1v) is 7.67. The molecule has 0 aromatic heterocycles. The lowest BCUT2D eigenvalue weighted by molar-refractivity contribution is -0.119. The van der Waals surface area contributed by atoms with Gasteiger partial charge in [0.25, 0.3) is 0 Å². The molecule has 1 aromatic rings. The van der Waals surface area contributed by atoms with Gasteiger partial charge in [0.1, 0.15) is 5.78 Å². The highest BCUT2D eigenvalue weighted by molar-refractivity contribution is 5.77. The van der Waals surface area contributed by atoms with Crippen LogP contribution in [-0.4, -0.2) is 5.78 Å². The van der Waals surface area contributed by atoms with Crippen LogP contribution in [0.2, 0.25) is 0 Å². The maximum Gasteiger partial charge on any atom is 0.194 e. The van der Waals surface area contributed by atoms with Gasteiger partial charge in [0.05, 0.1) is 0 Å². The summed E-state index contributed by atoms with van der Waals surface area (Å²) in [5.41, 5.74) is 0.550. The summed E-state index contributed by atoms with van der Waals surface area (Å²) in [4.78, 5) is 11.3. The van der Waals surface area contributed by atoms with E-state index in [1.807, 2.05) is 6.92 Å². The molecule has 116 valence electrons. The Balaban J connectivity index is 1.90. The zero-order valence-corrected chi connectivity index (χ0v) is 12.3. The Hall–Kier alpha value is -1.32. The van der Waals surface area contributed by atoms with Crippen molar-refractivity contribution < 1.29 is 18.0 Å². The first-order chi connectivity index (χ1) is 10.0. The first-order valence-electron chi connectivity index (χ1n) is 7.67. The molecule has 0 heterocycles. The van der Waals surface area contributed by atoms with Gasteiger partial charge < -0.3 is 0 Å². The molecule has 1 aliphatic rings. The molecule has 1 nitrogen and oxygen atoms in total. The summed E-state index contributed by atoms with van der Waals surface area (Å²) in [6, 6.07) is 2.23. The van der Waals surface area contributed by atoms with Gasteiger partial charge in [0.15, 0.2) is 17.5 Å². The molecule has 0 saturated heterocycles. The highest BCUT2D eigenvalue weighted by Crippen LogP contribution is 2.38. The topological polar surface area (TPSA) is 17.1 Å². The molecule has 0 N–H and O–H groups in total. The molecule has 1 aliphatic carbocycles. The molecule has 1 fully saturated rings. The molecule has 0 aliphatic heterocycles. The largest absolute Gasteiger partial charge is 0.300 e. The van der Waals surface area contributed by atoms with E-state index in [9.17, 15) is 18.0 Å². The van der Waals surface area contributed by atoms with E-state index in [0.29, 0.717) is 30.1 Å². The van der Waals surface area contributed by atoms with Crippen molar-refractivity contribution in [3.05, 3.63) is 35.1 Å². The van der Waals surface area contributed by atoms with Crippen LogP contribution >= 0.6 is 0 Å². The Morgan fingerprint density at radius 3 is 2.19 bits per heavy atom. The maximum absolute atomic E-state index is 13.3. The minimum Gasteiger partial charge on any atom is -0.300 e. The van der Waals surface area contributed by atoms with Crippen molar-refractivity contribution in [1.29, 1.82) is 0 Å². The monoisotopic (exact) mass is 298 g/mol. The number of benzene rings is 1. The van der Waals surface area contributed by atoms with Gasteiger partial charge in [-0.3, -0.25) is 4.79 Å². The van der Waals surface area contributed by atoms with Gasteiger partial charge in [-0.05, 0) is 61.6 Å². The summed E-state index contributed by atoms with van der Waals surface area (Å²) in [5.74, 6) is -2.72. The van der Waals surface area contributed by atoms with Crippen LogP contribution in [0.15, 0.2) is 12.1 Å². The summed E-state index contributed by atoms with van der Waals surface area (Å²) in [7, 11) is 0. The minimum absolute atomic E-state index is 0.0905. The second kappa shape index (κ2) is 7.10. The maximum atomic E-state index is 13.3. The van der Waals surface area contributed by atoms with Crippen LogP contribution in [0.25, 0.3) is 0 Å². The number of Topliss-reactive ketones (excluding diaryl/α,β-unsaturated/α-hetero) is 1. The van der Waals surface area contributed by atoms with Crippen LogP contribution in [0.5, 0.6) is 0 Å². The lowest BCUT2D eigenvalue weighted by atomic mass is 9.77. The normalized spacial score (nSPS) is 22.3. The van der Waals surface area contributed by atoms with E-state index in [-0.39, 0.29) is 5.92 Å². The fraction of sp³-hybridized carbons (Fsp3) is 0.588. The highest BCUT2D eigenvalue weighted by atomic mass is 19.2. The number of hydrogen-bond acceptors (Lipinski definition) is 1. The molecule has 1 saturated carbocycles. The summed E-state index contributed by atoms with van der Waals surface area (Å²) < 4.78 is 39.5. The van der Waals surface area contributed by atoms with Crippen molar-refractivity contribution in [3.8, 4) is 0 Å². The molecule has 2 rings (SSSR count). The molecule has 21 heavy (non-hydrogen) atoms. The SMILES string of the molecule is CCC(=O)CCC1CCC(c2cc(F)c(F)c(F)c2)CC1. The smallest absolute Gasteiger partial charge is 0.194 e. The molecule has 0 bridgehead atoms. The number of ketones is 1. The summed E-state index contributed by atoms with van der Waals surface area (Å²) in [6.45, 7) is 1.87. The van der Waals surface area contributed by atoms with Crippen molar-refractivity contribution >= 4 is 5.78 Å². The number of carbonyl (C=O) groups excluding carboxylic acids is 1. The second-order valence-electron chi connectivity index (χ2n) is 5.95. The van der Waals surface area contributed by atoms with E-state index in [4.69, 9.17) is 0 Å². The molecule has 0 spiro atoms. The Bertz CT molecular complexity index is 482. The third-order valence-electron chi connectivity index (χ3n) is 4.55. The van der Waals surface area contributed by atoms with Gasteiger partial charge in [-0.2, -0.15) is 0 Å².